The molecule has 0 unspecified atom stereocenters. The van der Waals surface area contributed by atoms with Crippen molar-refractivity contribution in [2.75, 3.05) is 0 Å². The summed E-state index contributed by atoms with van der Waals surface area (Å²) in [4.78, 5) is 29.5. The van der Waals surface area contributed by atoms with E-state index in [-0.39, 0.29) is 5.91 Å². The van der Waals surface area contributed by atoms with E-state index in [0.717, 1.165) is 11.1 Å². The van der Waals surface area contributed by atoms with Crippen molar-refractivity contribution in [3.05, 3.63) is 107 Å². The fourth-order valence-corrected chi connectivity index (χ4v) is 3.32. The Morgan fingerprint density at radius 2 is 1.44 bits per heavy atom. The molecule has 0 aromatic heterocycles. The molecule has 3 N–H and O–H groups in total. The van der Waals surface area contributed by atoms with Gasteiger partial charge < -0.3 is 11.1 Å². The van der Waals surface area contributed by atoms with Crippen molar-refractivity contribution in [2.24, 2.45) is 10.7 Å². The lowest BCUT2D eigenvalue weighted by molar-refractivity contribution is -0.122. The summed E-state index contributed by atoms with van der Waals surface area (Å²) in [5.74, 6) is -0.352. The first-order chi connectivity index (χ1) is 13.1. The third-order valence-electron chi connectivity index (χ3n) is 4.64. The van der Waals surface area contributed by atoms with Crippen LogP contribution in [0.15, 0.2) is 89.9 Å². The molecule has 27 heavy (non-hydrogen) atoms. The Kier molecular flexibility index (Phi) is 4.05. The van der Waals surface area contributed by atoms with E-state index in [0.29, 0.717) is 17.0 Å². The summed E-state index contributed by atoms with van der Waals surface area (Å²) in [7, 11) is 0. The number of nitrogens with zero attached hydrogens (tertiary/aromatic N) is 1. The zero-order valence-electron chi connectivity index (χ0n) is 14.4. The van der Waals surface area contributed by atoms with Crippen LogP contribution >= 0.6 is 0 Å². The molecule has 3 aromatic carbocycles. The van der Waals surface area contributed by atoms with Crippen LogP contribution in [0.5, 0.6) is 0 Å². The lowest BCUT2D eigenvalue weighted by Gasteiger charge is -2.24. The van der Waals surface area contributed by atoms with Gasteiger partial charge in [0.25, 0.3) is 5.91 Å². The van der Waals surface area contributed by atoms with Crippen molar-refractivity contribution in [3.63, 3.8) is 0 Å². The first kappa shape index (κ1) is 16.7. The monoisotopic (exact) mass is 355 g/mol. The highest BCUT2D eigenvalue weighted by Crippen LogP contribution is 2.37. The van der Waals surface area contributed by atoms with Gasteiger partial charge >= 0.3 is 0 Å². The number of amides is 2. The summed E-state index contributed by atoms with van der Waals surface area (Å²) in [6, 6.07) is 25.7. The number of primary amides is 1. The second-order valence-electron chi connectivity index (χ2n) is 6.30. The lowest BCUT2D eigenvalue weighted by Crippen LogP contribution is -2.38. The number of nitrogens with one attached hydrogen (secondary N) is 1. The van der Waals surface area contributed by atoms with E-state index in [1.807, 2.05) is 60.7 Å². The normalized spacial score (nSPS) is 15.1. The van der Waals surface area contributed by atoms with Crippen molar-refractivity contribution in [2.45, 2.75) is 5.54 Å². The Morgan fingerprint density at radius 3 is 2.00 bits per heavy atom. The van der Waals surface area contributed by atoms with Gasteiger partial charge in [-0.25, -0.2) is 4.99 Å². The number of hydrogen-bond acceptors (Lipinski definition) is 3. The van der Waals surface area contributed by atoms with Crippen LogP contribution in [0, 0.1) is 0 Å². The summed E-state index contributed by atoms with van der Waals surface area (Å²) in [5.41, 5.74) is 6.74. The number of carbonyl (C=O) groups is 2. The van der Waals surface area contributed by atoms with Gasteiger partial charge in [0.1, 0.15) is 5.84 Å². The van der Waals surface area contributed by atoms with Crippen LogP contribution < -0.4 is 11.1 Å². The molecular weight excluding hydrogens is 338 g/mol. The first-order valence-corrected chi connectivity index (χ1v) is 8.54. The van der Waals surface area contributed by atoms with E-state index in [4.69, 9.17) is 10.7 Å². The molecule has 0 aliphatic carbocycles. The zero-order valence-corrected chi connectivity index (χ0v) is 14.4. The Labute approximate surface area is 156 Å². The van der Waals surface area contributed by atoms with Crippen LogP contribution in [-0.2, 0) is 10.3 Å². The van der Waals surface area contributed by atoms with E-state index in [1.165, 1.54) is 0 Å². The highest BCUT2D eigenvalue weighted by Gasteiger charge is 2.46. The summed E-state index contributed by atoms with van der Waals surface area (Å²) < 4.78 is 0. The lowest BCUT2D eigenvalue weighted by atomic mass is 9.83. The Morgan fingerprint density at radius 1 is 0.852 bits per heavy atom. The molecule has 1 aliphatic rings. The molecule has 1 heterocycles. The Bertz CT molecular complexity index is 1000. The second kappa shape index (κ2) is 6.53. The highest BCUT2D eigenvalue weighted by molar-refractivity contribution is 6.17. The van der Waals surface area contributed by atoms with Gasteiger partial charge in [0.15, 0.2) is 5.54 Å². The van der Waals surface area contributed by atoms with Gasteiger partial charge in [-0.15, -0.1) is 0 Å². The second-order valence-corrected chi connectivity index (χ2v) is 6.30. The third kappa shape index (κ3) is 2.79. The quantitative estimate of drug-likeness (QED) is 0.754. The van der Waals surface area contributed by atoms with E-state index in [2.05, 4.69) is 5.32 Å². The largest absolute Gasteiger partial charge is 0.366 e. The molecule has 0 saturated carbocycles. The summed E-state index contributed by atoms with van der Waals surface area (Å²) in [5, 5.41) is 2.88. The fourth-order valence-electron chi connectivity index (χ4n) is 3.32. The van der Waals surface area contributed by atoms with Gasteiger partial charge in [-0.05, 0) is 23.3 Å². The molecule has 0 spiro atoms. The average molecular weight is 355 g/mol. The van der Waals surface area contributed by atoms with Gasteiger partial charge in [-0.1, -0.05) is 72.8 Å². The van der Waals surface area contributed by atoms with Crippen LogP contribution in [-0.4, -0.2) is 17.6 Å². The van der Waals surface area contributed by atoms with Crippen molar-refractivity contribution in [1.29, 1.82) is 0 Å². The molecule has 132 valence electrons. The topological polar surface area (TPSA) is 84.6 Å². The van der Waals surface area contributed by atoms with Gasteiger partial charge in [0, 0.05) is 11.1 Å². The molecule has 3 aromatic rings. The molecule has 0 fully saturated rings. The molecule has 1 aliphatic heterocycles. The number of benzene rings is 3. The molecule has 2 amide bonds. The van der Waals surface area contributed by atoms with Crippen molar-refractivity contribution < 1.29 is 9.59 Å². The maximum absolute atomic E-state index is 13.2. The summed E-state index contributed by atoms with van der Waals surface area (Å²) in [6.07, 6.45) is 0. The maximum Gasteiger partial charge on any atom is 0.262 e. The minimum Gasteiger partial charge on any atom is -0.366 e. The maximum atomic E-state index is 13.2. The molecule has 5 nitrogen and oxygen atoms in total. The number of carbonyl (C=O) groups excluding carboxylic acids is 2. The number of rotatable bonds is 4. The molecule has 0 atom stereocenters. The predicted molar refractivity (Wildman–Crippen MR) is 103 cm³/mol. The van der Waals surface area contributed by atoms with Crippen LogP contribution in [0.1, 0.15) is 27.0 Å². The number of nitrogens with two attached hydrogens (primary N) is 1. The zero-order chi connectivity index (χ0) is 18.9. The highest BCUT2D eigenvalue weighted by atomic mass is 16.2. The van der Waals surface area contributed by atoms with Crippen molar-refractivity contribution >= 4 is 17.6 Å². The van der Waals surface area contributed by atoms with Gasteiger partial charge in [0.2, 0.25) is 5.91 Å². The third-order valence-corrected chi connectivity index (χ3v) is 4.64. The molecule has 5 heteroatoms. The fraction of sp³-hybridized carbons (Fsp3) is 0.0455. The average Bonchev–Trinajstić information content (AvgIpc) is 3.08. The molecule has 0 bridgehead atoms. The van der Waals surface area contributed by atoms with Crippen molar-refractivity contribution in [1.82, 2.24) is 5.32 Å². The van der Waals surface area contributed by atoms with E-state index < -0.39 is 11.4 Å². The van der Waals surface area contributed by atoms with E-state index >= 15 is 0 Å². The Balaban J connectivity index is 1.91. The molecule has 4 rings (SSSR count). The standard InChI is InChI=1S/C22H17N3O2/c23-19(26)15-8-7-9-16(14-15)20-24-21(27)22(25-20,17-10-3-1-4-11-17)18-12-5-2-6-13-18/h1-14H,(H2,23,26)(H,24,25,27). The SMILES string of the molecule is NC(=O)c1cccc(C2=NC(c3ccccc3)(c3ccccc3)C(=O)N2)c1. The van der Waals surface area contributed by atoms with Crippen LogP contribution in [0.2, 0.25) is 0 Å². The summed E-state index contributed by atoms with van der Waals surface area (Å²) >= 11 is 0. The first-order valence-electron chi connectivity index (χ1n) is 8.54. The minimum absolute atomic E-state index is 0.237. The van der Waals surface area contributed by atoms with Gasteiger partial charge in [-0.3, -0.25) is 9.59 Å². The molecular formula is C22H17N3O2. The van der Waals surface area contributed by atoms with Crippen LogP contribution in [0.25, 0.3) is 0 Å². The van der Waals surface area contributed by atoms with E-state index in [9.17, 15) is 9.59 Å². The molecule has 0 radical (unpaired) electrons. The van der Waals surface area contributed by atoms with Crippen LogP contribution in [0.3, 0.4) is 0 Å². The van der Waals surface area contributed by atoms with Gasteiger partial charge in [-0.2, -0.15) is 0 Å². The predicted octanol–water partition coefficient (Wildman–Crippen LogP) is 2.61. The van der Waals surface area contributed by atoms with Crippen LogP contribution in [0.4, 0.5) is 0 Å². The Hall–Kier alpha value is -3.73. The number of hydrogen-bond donors (Lipinski definition) is 2. The number of aliphatic imine (C=N–C) groups is 1. The number of amidine groups is 1. The van der Waals surface area contributed by atoms with Crippen molar-refractivity contribution in [3.8, 4) is 0 Å². The molecule has 0 saturated heterocycles. The van der Waals surface area contributed by atoms with E-state index in [1.54, 1.807) is 24.3 Å². The minimum atomic E-state index is -1.18. The smallest absolute Gasteiger partial charge is 0.262 e. The summed E-state index contributed by atoms with van der Waals surface area (Å²) in [6.45, 7) is 0. The van der Waals surface area contributed by atoms with Gasteiger partial charge in [0.05, 0.1) is 0 Å².